The lowest BCUT2D eigenvalue weighted by atomic mass is 9.92. The van der Waals surface area contributed by atoms with Crippen molar-refractivity contribution in [1.29, 1.82) is 0 Å². The van der Waals surface area contributed by atoms with Gasteiger partial charge in [-0.1, -0.05) is 36.0 Å². The van der Waals surface area contributed by atoms with Crippen LogP contribution in [0.25, 0.3) is 11.3 Å². The molecule has 1 saturated heterocycles. The van der Waals surface area contributed by atoms with Gasteiger partial charge in [0, 0.05) is 65.0 Å². The van der Waals surface area contributed by atoms with E-state index in [4.69, 9.17) is 10.3 Å². The summed E-state index contributed by atoms with van der Waals surface area (Å²) in [5.41, 5.74) is 8.41. The monoisotopic (exact) mass is 778 g/mol. The van der Waals surface area contributed by atoms with Gasteiger partial charge in [0.05, 0.1) is 30.3 Å². The lowest BCUT2D eigenvalue weighted by Gasteiger charge is -2.35. The predicted molar refractivity (Wildman–Crippen MR) is 200 cm³/mol. The van der Waals surface area contributed by atoms with E-state index in [2.05, 4.69) is 69.5 Å². The summed E-state index contributed by atoms with van der Waals surface area (Å²) in [6.07, 6.45) is 1.81. The van der Waals surface area contributed by atoms with E-state index >= 15 is 0 Å². The highest BCUT2D eigenvalue weighted by Gasteiger charge is 2.51. The maximum Gasteiger partial charge on any atom is 0.401 e. The molecule has 1 aliphatic heterocycles. The number of anilines is 1. The van der Waals surface area contributed by atoms with E-state index < -0.39 is 23.3 Å². The van der Waals surface area contributed by atoms with Crippen molar-refractivity contribution < 1.29 is 32.1 Å². The second kappa shape index (κ2) is 18.0. The van der Waals surface area contributed by atoms with Crippen LogP contribution in [-0.4, -0.2) is 104 Å². The fraction of sp³-hybridized carbons (Fsp3) is 0.405. The van der Waals surface area contributed by atoms with Crippen LogP contribution < -0.4 is 21.3 Å². The summed E-state index contributed by atoms with van der Waals surface area (Å²) < 4.78 is 45.1. The van der Waals surface area contributed by atoms with Gasteiger partial charge in [-0.25, -0.2) is 15.0 Å². The third kappa shape index (κ3) is 10.3. The number of halogens is 3. The van der Waals surface area contributed by atoms with Crippen molar-refractivity contribution in [1.82, 2.24) is 50.7 Å². The molecule has 16 nitrogen and oxygen atoms in total. The van der Waals surface area contributed by atoms with Crippen molar-refractivity contribution in [2.24, 2.45) is 5.73 Å². The Morgan fingerprint density at radius 3 is 2.46 bits per heavy atom. The first-order valence-corrected chi connectivity index (χ1v) is 17.8. The van der Waals surface area contributed by atoms with E-state index in [0.717, 1.165) is 63.5 Å². The minimum absolute atomic E-state index is 0.0344. The Balaban J connectivity index is 1.03. The largest absolute Gasteiger partial charge is 0.403 e. The summed E-state index contributed by atoms with van der Waals surface area (Å²) in [6.45, 7) is 10.4. The highest BCUT2D eigenvalue weighted by Crippen LogP contribution is 2.38. The van der Waals surface area contributed by atoms with Crippen molar-refractivity contribution in [3.8, 4) is 0 Å². The zero-order chi connectivity index (χ0) is 40.5. The van der Waals surface area contributed by atoms with Gasteiger partial charge in [0.25, 0.3) is 5.91 Å². The molecule has 5 rings (SSSR count). The zero-order valence-corrected chi connectivity index (χ0v) is 31.4. The maximum absolute atomic E-state index is 13.3. The summed E-state index contributed by atoms with van der Waals surface area (Å²) >= 11 is 0. The molecule has 298 valence electrons. The second-order valence-electron chi connectivity index (χ2n) is 13.8. The number of H-pyrrole nitrogens is 1. The maximum atomic E-state index is 13.3. The zero-order valence-electron chi connectivity index (χ0n) is 31.4. The standard InChI is InChI=1S/C37H45F3N12O4/c1-24(5-10-27-17-30(56-49-27)34(55)44-20-31-46-35(48-47-31)36(2,3)37(38,39)40)26-8-6-25(7-9-26)22-51-13-15-52(16-14-51)32-21-42-28(19-43-32)29(18-41)50(4)12-11-33(54)45-23-53/h6-9,17-19,21,23H,1,5,10-16,20,22,41H2,2-4H3,(H,44,55)(H,45,53,54)(H,46,47,48)/b29-18+. The number of carbonyl (C=O) groups excluding carboxylic acids is 3. The topological polar surface area (TPSA) is 204 Å². The van der Waals surface area contributed by atoms with Crippen LogP contribution in [0.5, 0.6) is 0 Å². The van der Waals surface area contributed by atoms with Crippen molar-refractivity contribution >= 4 is 35.3 Å². The van der Waals surface area contributed by atoms with Crippen LogP contribution >= 0.6 is 0 Å². The first-order valence-electron chi connectivity index (χ1n) is 17.8. The van der Waals surface area contributed by atoms with E-state index in [0.29, 0.717) is 42.9 Å². The number of nitrogens with one attached hydrogen (secondary N) is 3. The summed E-state index contributed by atoms with van der Waals surface area (Å²) in [7, 11) is 1.78. The van der Waals surface area contributed by atoms with Gasteiger partial charge in [0.15, 0.2) is 5.82 Å². The normalized spacial score (nSPS) is 14.0. The van der Waals surface area contributed by atoms with Gasteiger partial charge in [-0.3, -0.25) is 29.7 Å². The van der Waals surface area contributed by atoms with Crippen LogP contribution in [0.2, 0.25) is 0 Å². The number of hydrogen-bond donors (Lipinski definition) is 4. The number of aryl methyl sites for hydroxylation is 1. The molecule has 4 aromatic rings. The van der Waals surface area contributed by atoms with Gasteiger partial charge in [-0.2, -0.15) is 18.3 Å². The Hall–Kier alpha value is -6.11. The number of amides is 3. The Morgan fingerprint density at radius 1 is 1.09 bits per heavy atom. The highest BCUT2D eigenvalue weighted by atomic mass is 19.4. The molecule has 56 heavy (non-hydrogen) atoms. The molecule has 3 aromatic heterocycles. The Labute approximate surface area is 321 Å². The SMILES string of the molecule is C=C(CCc1cc(C(=O)NCc2nc(C(C)(C)C(F)(F)F)n[nH]2)on1)c1ccc(CN2CCN(c3cnc(/C(=C\N)N(C)CCC(=O)NC=O)cn3)CC2)cc1. The quantitative estimate of drug-likeness (QED) is 0.114. The molecule has 0 atom stereocenters. The molecule has 0 saturated carbocycles. The molecule has 3 amide bonds. The molecule has 0 spiro atoms. The van der Waals surface area contributed by atoms with E-state index in [9.17, 15) is 27.6 Å². The lowest BCUT2D eigenvalue weighted by molar-refractivity contribution is -0.182. The molecule has 1 aromatic carbocycles. The molecule has 19 heteroatoms. The molecule has 0 unspecified atom stereocenters. The fourth-order valence-corrected chi connectivity index (χ4v) is 5.78. The van der Waals surface area contributed by atoms with E-state index in [1.54, 1.807) is 24.3 Å². The van der Waals surface area contributed by atoms with E-state index in [1.807, 2.05) is 12.1 Å². The van der Waals surface area contributed by atoms with Crippen molar-refractivity contribution in [3.05, 3.63) is 95.4 Å². The minimum Gasteiger partial charge on any atom is -0.403 e. The smallest absolute Gasteiger partial charge is 0.401 e. The van der Waals surface area contributed by atoms with Gasteiger partial charge < -0.3 is 25.4 Å². The number of nitrogens with two attached hydrogens (primary N) is 1. The number of aromatic nitrogens is 6. The van der Waals surface area contributed by atoms with Gasteiger partial charge >= 0.3 is 6.18 Å². The van der Waals surface area contributed by atoms with Crippen LogP contribution in [0, 0.1) is 0 Å². The third-order valence-electron chi connectivity index (χ3n) is 9.51. The van der Waals surface area contributed by atoms with Crippen LogP contribution in [0.4, 0.5) is 19.0 Å². The molecular formula is C37H45F3N12O4. The minimum atomic E-state index is -4.54. The number of aromatic amines is 1. The number of imide groups is 1. The van der Waals surface area contributed by atoms with Crippen LogP contribution in [0.3, 0.4) is 0 Å². The van der Waals surface area contributed by atoms with Crippen LogP contribution in [0.1, 0.15) is 71.4 Å². The van der Waals surface area contributed by atoms with Crippen molar-refractivity contribution in [2.45, 2.75) is 57.8 Å². The molecular weight excluding hydrogens is 733 g/mol. The van der Waals surface area contributed by atoms with Gasteiger partial charge in [0.1, 0.15) is 22.8 Å². The molecule has 1 fully saturated rings. The van der Waals surface area contributed by atoms with Gasteiger partial charge in [-0.15, -0.1) is 0 Å². The third-order valence-corrected chi connectivity index (χ3v) is 9.51. The lowest BCUT2D eigenvalue weighted by Crippen LogP contribution is -2.46. The Kier molecular flexibility index (Phi) is 13.2. The number of piperazine rings is 1. The fourth-order valence-electron chi connectivity index (χ4n) is 5.78. The average molecular weight is 779 g/mol. The number of carbonyl (C=O) groups is 3. The molecule has 0 radical (unpaired) electrons. The predicted octanol–water partition coefficient (Wildman–Crippen LogP) is 3.17. The highest BCUT2D eigenvalue weighted by molar-refractivity contribution is 5.91. The number of nitrogens with zero attached hydrogens (tertiary/aromatic N) is 8. The number of allylic oxidation sites excluding steroid dienone is 1. The Morgan fingerprint density at radius 2 is 1.82 bits per heavy atom. The Bertz CT molecular complexity index is 2000. The first-order chi connectivity index (χ1) is 26.7. The second-order valence-corrected chi connectivity index (χ2v) is 13.8. The van der Waals surface area contributed by atoms with Crippen molar-refractivity contribution in [2.75, 3.05) is 44.7 Å². The molecule has 1 aliphatic rings. The first kappa shape index (κ1) is 41.1. The van der Waals surface area contributed by atoms with Crippen molar-refractivity contribution in [3.63, 3.8) is 0 Å². The van der Waals surface area contributed by atoms with E-state index in [-0.39, 0.29) is 30.5 Å². The van der Waals surface area contributed by atoms with E-state index in [1.165, 1.54) is 17.8 Å². The molecule has 0 bridgehead atoms. The van der Waals surface area contributed by atoms with Crippen LogP contribution in [-0.2, 0) is 34.5 Å². The molecule has 4 heterocycles. The number of rotatable bonds is 17. The van der Waals surface area contributed by atoms with Gasteiger partial charge in [-0.05, 0) is 43.4 Å². The summed E-state index contributed by atoms with van der Waals surface area (Å²) in [5.74, 6) is -0.582. The average Bonchev–Trinajstić information content (AvgIpc) is 3.87. The van der Waals surface area contributed by atoms with Crippen LogP contribution in [0.15, 0.2) is 60.0 Å². The summed E-state index contributed by atoms with van der Waals surface area (Å²) in [6, 6.07) is 9.78. The summed E-state index contributed by atoms with van der Waals surface area (Å²) in [4.78, 5) is 54.1. The number of benzene rings is 1. The molecule has 5 N–H and O–H groups in total. The number of hydrogen-bond acceptors (Lipinski definition) is 13. The summed E-state index contributed by atoms with van der Waals surface area (Å²) in [5, 5.41) is 14.7. The van der Waals surface area contributed by atoms with Gasteiger partial charge in [0.2, 0.25) is 18.1 Å². The number of alkyl halides is 3. The molecule has 0 aliphatic carbocycles.